The van der Waals surface area contributed by atoms with Crippen molar-refractivity contribution in [2.45, 2.75) is 39.0 Å². The summed E-state index contributed by atoms with van der Waals surface area (Å²) in [6.45, 7) is 2.32. The van der Waals surface area contributed by atoms with Crippen LogP contribution in [0.4, 0.5) is 11.4 Å². The first-order chi connectivity index (χ1) is 18.5. The fraction of sp³-hybridized carbons (Fsp3) is 0.357. The molecule has 10 heteroatoms. The van der Waals surface area contributed by atoms with E-state index in [2.05, 4.69) is 26.3 Å². The van der Waals surface area contributed by atoms with Gasteiger partial charge in [0.2, 0.25) is 5.91 Å². The van der Waals surface area contributed by atoms with E-state index in [9.17, 15) is 14.4 Å². The normalized spacial score (nSPS) is 12.7. The summed E-state index contributed by atoms with van der Waals surface area (Å²) in [7, 11) is 1.58. The third-order valence-electron chi connectivity index (χ3n) is 6.30. The number of amides is 2. The molecular weight excluding hydrogens is 552 g/mol. The van der Waals surface area contributed by atoms with Crippen molar-refractivity contribution in [2.24, 2.45) is 0 Å². The molecule has 0 aliphatic carbocycles. The first-order valence-electron chi connectivity index (χ1n) is 12.7. The number of fused-ring (bicyclic) bond motifs is 1. The zero-order valence-electron chi connectivity index (χ0n) is 21.5. The van der Waals surface area contributed by atoms with E-state index in [1.54, 1.807) is 55.3 Å². The fourth-order valence-corrected chi connectivity index (χ4v) is 4.78. The summed E-state index contributed by atoms with van der Waals surface area (Å²) in [5, 5.41) is 8.36. The lowest BCUT2D eigenvalue weighted by molar-refractivity contribution is -0.116. The van der Waals surface area contributed by atoms with E-state index in [0.29, 0.717) is 53.5 Å². The summed E-state index contributed by atoms with van der Waals surface area (Å²) in [5.41, 5.74) is 3.05. The summed E-state index contributed by atoms with van der Waals surface area (Å²) in [4.78, 5) is 40.3. The number of anilines is 2. The highest BCUT2D eigenvalue weighted by molar-refractivity contribution is 9.09. The fourth-order valence-electron chi connectivity index (χ4n) is 4.38. The number of carbonyl (C=O) groups is 3. The maximum absolute atomic E-state index is 13.8. The Morgan fingerprint density at radius 1 is 1.03 bits per heavy atom. The van der Waals surface area contributed by atoms with E-state index in [4.69, 9.17) is 9.47 Å². The number of methoxy groups -OCH3 is 1. The minimum Gasteiger partial charge on any atom is -0.497 e. The molecule has 2 amide bonds. The van der Waals surface area contributed by atoms with Crippen molar-refractivity contribution in [3.8, 4) is 11.4 Å². The van der Waals surface area contributed by atoms with Crippen molar-refractivity contribution in [2.75, 3.05) is 35.8 Å². The minimum absolute atomic E-state index is 0.0269. The van der Waals surface area contributed by atoms with Gasteiger partial charge >= 0.3 is 5.97 Å². The van der Waals surface area contributed by atoms with Gasteiger partial charge < -0.3 is 19.7 Å². The number of rotatable bonds is 11. The van der Waals surface area contributed by atoms with Gasteiger partial charge in [-0.05, 0) is 74.7 Å². The number of ether oxygens (including phenoxy) is 2. The predicted molar refractivity (Wildman–Crippen MR) is 149 cm³/mol. The second-order valence-corrected chi connectivity index (χ2v) is 9.60. The van der Waals surface area contributed by atoms with E-state index in [-0.39, 0.29) is 24.1 Å². The first-order valence-corrected chi connectivity index (χ1v) is 13.8. The van der Waals surface area contributed by atoms with Crippen molar-refractivity contribution in [3.63, 3.8) is 0 Å². The Kier molecular flexibility index (Phi) is 9.17. The standard InChI is InChI=1S/C28H31BrN4O5/c1-3-38-28(36)25-23-16-18-32(20-10-8-19(9-11-20)30-24(34)7-5-4-6-17-29)27(35)26(23)33(31-25)21-12-14-22(37-2)15-13-21/h8-15H,3-7,16-18H2,1-2H3,(H,30,34). The predicted octanol–water partition coefficient (Wildman–Crippen LogP) is 5.15. The number of nitrogens with one attached hydrogen (secondary N) is 1. The van der Waals surface area contributed by atoms with Gasteiger partial charge in [0.05, 0.1) is 19.4 Å². The van der Waals surface area contributed by atoms with E-state index < -0.39 is 5.97 Å². The van der Waals surface area contributed by atoms with Gasteiger partial charge in [-0.15, -0.1) is 0 Å². The molecule has 0 bridgehead atoms. The Hall–Kier alpha value is -3.66. The van der Waals surface area contributed by atoms with Gasteiger partial charge in [0.1, 0.15) is 11.4 Å². The number of aromatic nitrogens is 2. The highest BCUT2D eigenvalue weighted by Gasteiger charge is 2.35. The Morgan fingerprint density at radius 2 is 1.74 bits per heavy atom. The van der Waals surface area contributed by atoms with E-state index in [0.717, 1.165) is 24.6 Å². The lowest BCUT2D eigenvalue weighted by atomic mass is 10.0. The number of unbranched alkanes of at least 4 members (excludes halogenated alkanes) is 2. The third-order valence-corrected chi connectivity index (χ3v) is 6.86. The maximum atomic E-state index is 13.8. The number of halogens is 1. The quantitative estimate of drug-likeness (QED) is 0.190. The Labute approximate surface area is 230 Å². The number of benzene rings is 2. The number of hydrogen-bond donors (Lipinski definition) is 1. The van der Waals surface area contributed by atoms with Gasteiger partial charge in [0.15, 0.2) is 5.69 Å². The summed E-state index contributed by atoms with van der Waals surface area (Å²) < 4.78 is 12.0. The molecule has 1 aromatic heterocycles. The molecular formula is C28H31BrN4O5. The Bertz CT molecular complexity index is 1290. The molecule has 38 heavy (non-hydrogen) atoms. The highest BCUT2D eigenvalue weighted by Crippen LogP contribution is 2.30. The Balaban J connectivity index is 1.57. The SMILES string of the molecule is CCOC(=O)c1nn(-c2ccc(OC)cc2)c2c1CCN(c1ccc(NC(=O)CCCCCBr)cc1)C2=O. The number of alkyl halides is 1. The van der Waals surface area contributed by atoms with Crippen LogP contribution in [0.15, 0.2) is 48.5 Å². The number of esters is 1. The van der Waals surface area contributed by atoms with Crippen LogP contribution >= 0.6 is 15.9 Å². The van der Waals surface area contributed by atoms with Crippen LogP contribution in [0.5, 0.6) is 5.75 Å². The van der Waals surface area contributed by atoms with Crippen molar-refractivity contribution in [1.29, 1.82) is 0 Å². The van der Waals surface area contributed by atoms with Gasteiger partial charge in [0.25, 0.3) is 5.91 Å². The molecule has 200 valence electrons. The summed E-state index contributed by atoms with van der Waals surface area (Å²) >= 11 is 3.40. The van der Waals surface area contributed by atoms with Gasteiger partial charge in [-0.25, -0.2) is 9.48 Å². The smallest absolute Gasteiger partial charge is 0.359 e. The van der Waals surface area contributed by atoms with Crippen LogP contribution in [0.25, 0.3) is 5.69 Å². The molecule has 0 spiro atoms. The lowest BCUT2D eigenvalue weighted by Gasteiger charge is -2.28. The number of hydrogen-bond acceptors (Lipinski definition) is 6. The molecule has 0 saturated heterocycles. The van der Waals surface area contributed by atoms with Gasteiger partial charge in [-0.1, -0.05) is 22.4 Å². The average Bonchev–Trinajstić information content (AvgIpc) is 3.33. The summed E-state index contributed by atoms with van der Waals surface area (Å²) in [5.74, 6) is -0.182. The molecule has 0 atom stereocenters. The van der Waals surface area contributed by atoms with Crippen molar-refractivity contribution < 1.29 is 23.9 Å². The van der Waals surface area contributed by atoms with Crippen LogP contribution in [-0.2, 0) is 16.0 Å². The molecule has 1 aliphatic rings. The lowest BCUT2D eigenvalue weighted by Crippen LogP contribution is -2.39. The molecule has 9 nitrogen and oxygen atoms in total. The first kappa shape index (κ1) is 27.4. The molecule has 2 heterocycles. The Morgan fingerprint density at radius 3 is 2.39 bits per heavy atom. The molecule has 0 unspecified atom stereocenters. The van der Waals surface area contributed by atoms with Gasteiger partial charge in [0, 0.05) is 35.2 Å². The molecule has 0 radical (unpaired) electrons. The second-order valence-electron chi connectivity index (χ2n) is 8.81. The van der Waals surface area contributed by atoms with Crippen LogP contribution in [0.1, 0.15) is 59.1 Å². The van der Waals surface area contributed by atoms with Gasteiger partial charge in [-0.2, -0.15) is 5.10 Å². The van der Waals surface area contributed by atoms with E-state index in [1.807, 2.05) is 12.1 Å². The number of carbonyl (C=O) groups excluding carboxylic acids is 3. The average molecular weight is 583 g/mol. The van der Waals surface area contributed by atoms with Crippen LogP contribution in [-0.4, -0.2) is 53.2 Å². The molecule has 4 rings (SSSR count). The zero-order valence-corrected chi connectivity index (χ0v) is 23.1. The van der Waals surface area contributed by atoms with Gasteiger partial charge in [-0.3, -0.25) is 9.59 Å². The molecule has 1 aliphatic heterocycles. The van der Waals surface area contributed by atoms with E-state index >= 15 is 0 Å². The van der Waals surface area contributed by atoms with Crippen molar-refractivity contribution in [3.05, 3.63) is 65.5 Å². The monoisotopic (exact) mass is 582 g/mol. The van der Waals surface area contributed by atoms with Crippen molar-refractivity contribution in [1.82, 2.24) is 9.78 Å². The number of nitrogens with zero attached hydrogens (tertiary/aromatic N) is 3. The topological polar surface area (TPSA) is 103 Å². The van der Waals surface area contributed by atoms with E-state index in [1.165, 1.54) is 4.68 Å². The maximum Gasteiger partial charge on any atom is 0.359 e. The van der Waals surface area contributed by atoms with Crippen LogP contribution in [0.2, 0.25) is 0 Å². The largest absolute Gasteiger partial charge is 0.497 e. The zero-order chi connectivity index (χ0) is 27.1. The molecule has 1 N–H and O–H groups in total. The van der Waals surface area contributed by atoms with Crippen LogP contribution in [0, 0.1) is 0 Å². The molecule has 2 aromatic carbocycles. The summed E-state index contributed by atoms with van der Waals surface area (Å²) in [6, 6.07) is 14.3. The highest BCUT2D eigenvalue weighted by atomic mass is 79.9. The molecule has 0 fully saturated rings. The molecule has 3 aromatic rings. The third kappa shape index (κ3) is 6.07. The minimum atomic E-state index is -0.551. The molecule has 0 saturated carbocycles. The summed E-state index contributed by atoms with van der Waals surface area (Å²) in [6.07, 6.45) is 3.81. The van der Waals surface area contributed by atoms with Crippen LogP contribution in [0.3, 0.4) is 0 Å². The second kappa shape index (κ2) is 12.7. The van der Waals surface area contributed by atoms with Crippen LogP contribution < -0.4 is 15.0 Å². The van der Waals surface area contributed by atoms with Crippen molar-refractivity contribution >= 4 is 45.1 Å².